The van der Waals surface area contributed by atoms with E-state index < -0.39 is 90.6 Å². The fraction of sp³-hybridized carbons (Fsp3) is 0.697. The Balaban J connectivity index is 1.84. The second-order valence-corrected chi connectivity index (χ2v) is 18.7. The van der Waals surface area contributed by atoms with Gasteiger partial charge in [-0.05, 0) is 55.3 Å². The number of esters is 2. The number of allylic oxidation sites excluding steroid dienone is 1. The first kappa shape index (κ1) is 33.7. The van der Waals surface area contributed by atoms with Crippen molar-refractivity contribution in [2.75, 3.05) is 6.61 Å². The van der Waals surface area contributed by atoms with Gasteiger partial charge in [-0.1, -0.05) is 34.6 Å². The predicted octanol–water partition coefficient (Wildman–Crippen LogP) is 3.91. The van der Waals surface area contributed by atoms with Crippen LogP contribution in [0.3, 0.4) is 0 Å². The van der Waals surface area contributed by atoms with Crippen molar-refractivity contribution in [3.63, 3.8) is 0 Å². The molecule has 248 valence electrons. The van der Waals surface area contributed by atoms with Crippen molar-refractivity contribution >= 4 is 31.8 Å². The van der Waals surface area contributed by atoms with Gasteiger partial charge in [0.2, 0.25) is 5.76 Å². The lowest BCUT2D eigenvalue weighted by Crippen LogP contribution is -2.82. The van der Waals surface area contributed by atoms with E-state index in [0.29, 0.717) is 0 Å². The number of furan rings is 1. The third-order valence-electron chi connectivity index (χ3n) is 11.8. The molecule has 0 aromatic carbocycles. The lowest BCUT2D eigenvalue weighted by atomic mass is 9.45. The van der Waals surface area contributed by atoms with Crippen LogP contribution in [0.1, 0.15) is 78.8 Å². The molecule has 45 heavy (non-hydrogen) atoms. The highest BCUT2D eigenvalue weighted by Gasteiger charge is 2.78. The Hall–Kier alpha value is -2.64. The SMILES string of the molecule is CC[Si](CC)(CC)O[C@H]1C[C@H]2OC[C@@]2(OC(C)=O)[C@H]2[C@H](OC(=O)c3ccco3)[C@]3(O)CC(=O)C(C)=C([C@@H](O)C(=O)[C@]12C)C3(C)C. The molecule has 0 radical (unpaired) electrons. The molecule has 2 heterocycles. The summed E-state index contributed by atoms with van der Waals surface area (Å²) in [5, 5.41) is 24.9. The van der Waals surface area contributed by atoms with Crippen molar-refractivity contribution < 1.29 is 52.4 Å². The Kier molecular flexibility index (Phi) is 8.43. The molecule has 1 aliphatic heterocycles. The topological polar surface area (TPSA) is 159 Å². The number of aliphatic hydroxyl groups excluding tert-OH is 1. The number of fused-ring (bicyclic) bond motifs is 5. The zero-order valence-electron chi connectivity index (χ0n) is 27.4. The molecule has 2 N–H and O–H groups in total. The van der Waals surface area contributed by atoms with Gasteiger partial charge >= 0.3 is 11.9 Å². The molecule has 12 heteroatoms. The van der Waals surface area contributed by atoms with E-state index in [1.807, 2.05) is 0 Å². The minimum absolute atomic E-state index is 0.0715. The van der Waals surface area contributed by atoms with Crippen molar-refractivity contribution in [3.05, 3.63) is 35.3 Å². The number of carbonyl (C=O) groups excluding carboxylic acids is 4. The van der Waals surface area contributed by atoms with Gasteiger partial charge in [-0.3, -0.25) is 14.4 Å². The van der Waals surface area contributed by atoms with Gasteiger partial charge in [0.25, 0.3) is 0 Å². The second kappa shape index (κ2) is 11.3. The van der Waals surface area contributed by atoms with E-state index in [2.05, 4.69) is 20.8 Å². The number of rotatable bonds is 8. The predicted molar refractivity (Wildman–Crippen MR) is 163 cm³/mol. The highest BCUT2D eigenvalue weighted by molar-refractivity contribution is 6.73. The normalized spacial score (nSPS) is 37.5. The zero-order valence-corrected chi connectivity index (χ0v) is 28.4. The van der Waals surface area contributed by atoms with Crippen LogP contribution in [0.25, 0.3) is 0 Å². The second-order valence-electron chi connectivity index (χ2n) is 14.0. The van der Waals surface area contributed by atoms with Crippen LogP contribution in [-0.4, -0.2) is 84.3 Å². The number of aliphatic hydroxyl groups is 2. The van der Waals surface area contributed by atoms with Gasteiger partial charge in [0, 0.05) is 25.2 Å². The maximum absolute atomic E-state index is 15.0. The van der Waals surface area contributed by atoms with Crippen LogP contribution in [0.15, 0.2) is 34.0 Å². The summed E-state index contributed by atoms with van der Waals surface area (Å²) < 4.78 is 30.7. The van der Waals surface area contributed by atoms with E-state index in [1.54, 1.807) is 20.8 Å². The van der Waals surface area contributed by atoms with E-state index >= 15 is 4.79 Å². The monoisotopic (exact) mass is 646 g/mol. The zero-order chi connectivity index (χ0) is 33.3. The minimum Gasteiger partial charge on any atom is -0.457 e. The average molecular weight is 647 g/mol. The van der Waals surface area contributed by atoms with Gasteiger partial charge in [0.15, 0.2) is 25.5 Å². The van der Waals surface area contributed by atoms with Gasteiger partial charge in [-0.2, -0.15) is 0 Å². The molecule has 0 amide bonds. The van der Waals surface area contributed by atoms with Gasteiger partial charge in [0.1, 0.15) is 23.9 Å². The van der Waals surface area contributed by atoms with E-state index in [1.165, 1.54) is 32.2 Å². The number of Topliss-reactive ketones (excluding diaryl/α,β-unsaturated/α-hetero) is 2. The molecular formula is C33H46O11Si. The molecule has 0 spiro atoms. The number of hydrogen-bond acceptors (Lipinski definition) is 11. The third-order valence-corrected chi connectivity index (χ3v) is 16.4. The Bertz CT molecular complexity index is 1400. The lowest BCUT2D eigenvalue weighted by molar-refractivity contribution is -0.343. The van der Waals surface area contributed by atoms with Crippen LogP contribution in [-0.2, 0) is 33.0 Å². The fourth-order valence-corrected chi connectivity index (χ4v) is 11.7. The highest BCUT2D eigenvalue weighted by Crippen LogP contribution is 2.64. The van der Waals surface area contributed by atoms with Gasteiger partial charge < -0.3 is 33.3 Å². The molecule has 1 aromatic rings. The first-order valence-electron chi connectivity index (χ1n) is 15.9. The molecule has 8 atom stereocenters. The van der Waals surface area contributed by atoms with Gasteiger partial charge in [-0.15, -0.1) is 0 Å². The van der Waals surface area contributed by atoms with Crippen LogP contribution < -0.4 is 0 Å². The maximum Gasteiger partial charge on any atom is 0.374 e. The quantitative estimate of drug-likeness (QED) is 0.312. The summed E-state index contributed by atoms with van der Waals surface area (Å²) in [5.41, 5.74) is -6.56. The Morgan fingerprint density at radius 2 is 1.76 bits per heavy atom. The third kappa shape index (κ3) is 4.65. The summed E-state index contributed by atoms with van der Waals surface area (Å²) in [5.74, 6) is -4.16. The van der Waals surface area contributed by atoms with E-state index in [-0.39, 0.29) is 29.9 Å². The van der Waals surface area contributed by atoms with Crippen LogP contribution in [0, 0.1) is 16.7 Å². The van der Waals surface area contributed by atoms with Gasteiger partial charge in [-0.25, -0.2) is 4.79 Å². The Labute approximate surface area is 264 Å². The number of ketones is 2. The first-order chi connectivity index (χ1) is 21.0. The smallest absolute Gasteiger partial charge is 0.374 e. The van der Waals surface area contributed by atoms with Crippen LogP contribution in [0.5, 0.6) is 0 Å². The molecule has 2 saturated carbocycles. The van der Waals surface area contributed by atoms with Crippen LogP contribution in [0.2, 0.25) is 18.1 Å². The maximum atomic E-state index is 15.0. The standard InChI is InChI=1S/C33H46O11Si/c1-9-45(10-2,11-3)44-22-15-23-32(17-41-23,43-19(5)34)26-28(42-29(38)21-13-12-14-40-21)33(39)16-20(35)18(4)24(30(33,6)7)25(36)27(37)31(22,26)8/h12-14,22-23,25-26,28,36,39H,9-11,15-17H2,1-8H3/t22-,23+,25+,26-,28-,31+,32-,33+/m0/s1. The van der Waals surface area contributed by atoms with E-state index in [4.69, 9.17) is 23.1 Å². The first-order valence-corrected chi connectivity index (χ1v) is 18.4. The summed E-state index contributed by atoms with van der Waals surface area (Å²) in [4.78, 5) is 55.1. The Morgan fingerprint density at radius 3 is 2.27 bits per heavy atom. The van der Waals surface area contributed by atoms with Crippen molar-refractivity contribution in [1.82, 2.24) is 0 Å². The minimum atomic E-state index is -2.44. The summed E-state index contributed by atoms with van der Waals surface area (Å²) >= 11 is 0. The molecule has 3 fully saturated rings. The van der Waals surface area contributed by atoms with Gasteiger partial charge in [0.05, 0.1) is 30.3 Å². The highest BCUT2D eigenvalue weighted by atomic mass is 28.4. The summed E-state index contributed by atoms with van der Waals surface area (Å²) in [6.07, 6.45) is -4.00. The molecule has 5 rings (SSSR count). The number of carbonyl (C=O) groups is 4. The molecular weight excluding hydrogens is 600 g/mol. The van der Waals surface area contributed by atoms with Crippen molar-refractivity contribution in [2.45, 2.75) is 122 Å². The van der Waals surface area contributed by atoms with Crippen molar-refractivity contribution in [2.24, 2.45) is 16.7 Å². The summed E-state index contributed by atoms with van der Waals surface area (Å²) in [7, 11) is -2.44. The fourth-order valence-electron chi connectivity index (χ4n) is 8.74. The molecule has 2 bridgehead atoms. The average Bonchev–Trinajstić information content (AvgIpc) is 3.52. The summed E-state index contributed by atoms with van der Waals surface area (Å²) in [6.45, 7) is 13.7. The molecule has 0 unspecified atom stereocenters. The van der Waals surface area contributed by atoms with Crippen molar-refractivity contribution in [3.8, 4) is 0 Å². The van der Waals surface area contributed by atoms with Crippen LogP contribution in [0.4, 0.5) is 0 Å². The molecule has 1 saturated heterocycles. The molecule has 1 aromatic heterocycles. The van der Waals surface area contributed by atoms with Crippen LogP contribution >= 0.6 is 0 Å². The Morgan fingerprint density at radius 1 is 1.11 bits per heavy atom. The molecule has 3 aliphatic carbocycles. The largest absolute Gasteiger partial charge is 0.457 e. The number of hydrogen-bond donors (Lipinski definition) is 2. The van der Waals surface area contributed by atoms with Crippen molar-refractivity contribution in [1.29, 1.82) is 0 Å². The molecule has 11 nitrogen and oxygen atoms in total. The van der Waals surface area contributed by atoms with E-state index in [9.17, 15) is 24.6 Å². The molecule has 4 aliphatic rings. The van der Waals surface area contributed by atoms with E-state index in [0.717, 1.165) is 18.1 Å². The number of ether oxygens (including phenoxy) is 3. The summed E-state index contributed by atoms with van der Waals surface area (Å²) in [6, 6.07) is 5.21. The lowest BCUT2D eigenvalue weighted by Gasteiger charge is -2.68.